The summed E-state index contributed by atoms with van der Waals surface area (Å²) in [6.45, 7) is 6.19. The number of amides is 1. The lowest BCUT2D eigenvalue weighted by Gasteiger charge is -2.13. The fraction of sp³-hybridized carbons (Fsp3) is 0.533. The predicted molar refractivity (Wildman–Crippen MR) is 78.4 cm³/mol. The summed E-state index contributed by atoms with van der Waals surface area (Å²) in [6.07, 6.45) is 1.32. The first kappa shape index (κ1) is 14.7. The SMILES string of the molecule is CCNC(C)CC(=O)Nc1ccc2c(c1)OCCCO2. The molecule has 1 unspecified atom stereocenters. The van der Waals surface area contributed by atoms with Crippen LogP contribution < -0.4 is 20.1 Å². The molecule has 1 aromatic rings. The Hall–Kier alpha value is -1.75. The van der Waals surface area contributed by atoms with Crippen molar-refractivity contribution in [1.82, 2.24) is 5.32 Å². The van der Waals surface area contributed by atoms with Crippen LogP contribution in [0.15, 0.2) is 18.2 Å². The van der Waals surface area contributed by atoms with Gasteiger partial charge in [0.05, 0.1) is 13.2 Å². The lowest BCUT2D eigenvalue weighted by atomic mass is 10.2. The molecule has 1 atom stereocenters. The number of hydrogen-bond acceptors (Lipinski definition) is 4. The van der Waals surface area contributed by atoms with Crippen molar-refractivity contribution in [2.45, 2.75) is 32.7 Å². The van der Waals surface area contributed by atoms with Gasteiger partial charge in [0.2, 0.25) is 5.91 Å². The third-order valence-electron chi connectivity index (χ3n) is 3.08. The molecule has 0 fully saturated rings. The van der Waals surface area contributed by atoms with Crippen LogP contribution in [0.2, 0.25) is 0 Å². The van der Waals surface area contributed by atoms with E-state index in [0.29, 0.717) is 25.4 Å². The third-order valence-corrected chi connectivity index (χ3v) is 3.08. The second kappa shape index (κ2) is 7.14. The van der Waals surface area contributed by atoms with E-state index < -0.39 is 0 Å². The third kappa shape index (κ3) is 4.13. The number of rotatable bonds is 5. The molecule has 0 radical (unpaired) electrons. The van der Waals surface area contributed by atoms with E-state index in [-0.39, 0.29) is 11.9 Å². The highest BCUT2D eigenvalue weighted by Crippen LogP contribution is 2.32. The largest absolute Gasteiger partial charge is 0.490 e. The van der Waals surface area contributed by atoms with E-state index in [1.54, 1.807) is 0 Å². The number of carbonyl (C=O) groups is 1. The Kier molecular flexibility index (Phi) is 5.24. The molecular weight excluding hydrogens is 256 g/mol. The van der Waals surface area contributed by atoms with Gasteiger partial charge < -0.3 is 20.1 Å². The number of anilines is 1. The van der Waals surface area contributed by atoms with Gasteiger partial charge >= 0.3 is 0 Å². The van der Waals surface area contributed by atoms with Gasteiger partial charge in [0, 0.05) is 30.6 Å². The van der Waals surface area contributed by atoms with E-state index in [0.717, 1.165) is 24.4 Å². The molecule has 0 saturated carbocycles. The van der Waals surface area contributed by atoms with Crippen LogP contribution >= 0.6 is 0 Å². The zero-order valence-electron chi connectivity index (χ0n) is 12.1. The van der Waals surface area contributed by atoms with Crippen LogP contribution in [0.4, 0.5) is 5.69 Å². The molecule has 1 aliphatic rings. The standard InChI is InChI=1S/C15H22N2O3/c1-3-16-11(2)9-15(18)17-12-5-6-13-14(10-12)20-8-4-7-19-13/h5-6,10-11,16H,3-4,7-9H2,1-2H3,(H,17,18). The van der Waals surface area contributed by atoms with Crippen molar-refractivity contribution < 1.29 is 14.3 Å². The second-order valence-electron chi connectivity index (χ2n) is 4.92. The van der Waals surface area contributed by atoms with Crippen molar-refractivity contribution in [2.75, 3.05) is 25.1 Å². The van der Waals surface area contributed by atoms with Crippen molar-refractivity contribution in [3.05, 3.63) is 18.2 Å². The number of fused-ring (bicyclic) bond motifs is 1. The van der Waals surface area contributed by atoms with Crippen LogP contribution in [-0.2, 0) is 4.79 Å². The Morgan fingerprint density at radius 3 is 2.80 bits per heavy atom. The summed E-state index contributed by atoms with van der Waals surface area (Å²) in [7, 11) is 0. The fourth-order valence-electron chi connectivity index (χ4n) is 2.15. The summed E-state index contributed by atoms with van der Waals surface area (Å²) < 4.78 is 11.2. The highest BCUT2D eigenvalue weighted by Gasteiger charge is 2.13. The second-order valence-corrected chi connectivity index (χ2v) is 4.92. The average Bonchev–Trinajstić information content (AvgIpc) is 2.63. The van der Waals surface area contributed by atoms with Crippen LogP contribution in [0.1, 0.15) is 26.7 Å². The number of ether oxygens (including phenoxy) is 2. The normalized spacial score (nSPS) is 15.3. The Labute approximate surface area is 119 Å². The van der Waals surface area contributed by atoms with Gasteiger partial charge in [-0.25, -0.2) is 0 Å². The van der Waals surface area contributed by atoms with E-state index >= 15 is 0 Å². The minimum absolute atomic E-state index is 0.00654. The van der Waals surface area contributed by atoms with E-state index in [4.69, 9.17) is 9.47 Å². The molecule has 5 nitrogen and oxygen atoms in total. The molecule has 1 aliphatic heterocycles. The van der Waals surface area contributed by atoms with Crippen molar-refractivity contribution in [3.63, 3.8) is 0 Å². The Morgan fingerprint density at radius 2 is 2.05 bits per heavy atom. The average molecular weight is 278 g/mol. The molecule has 20 heavy (non-hydrogen) atoms. The Balaban J connectivity index is 1.96. The minimum atomic E-state index is -0.00654. The molecule has 5 heteroatoms. The molecule has 0 saturated heterocycles. The molecule has 0 aliphatic carbocycles. The van der Waals surface area contributed by atoms with E-state index in [1.165, 1.54) is 0 Å². The van der Waals surface area contributed by atoms with E-state index in [1.807, 2.05) is 32.0 Å². The van der Waals surface area contributed by atoms with Gasteiger partial charge in [0.1, 0.15) is 0 Å². The number of benzene rings is 1. The highest BCUT2D eigenvalue weighted by molar-refractivity contribution is 5.91. The summed E-state index contributed by atoms with van der Waals surface area (Å²) in [5.41, 5.74) is 0.739. The van der Waals surface area contributed by atoms with Gasteiger partial charge in [-0.2, -0.15) is 0 Å². The number of carbonyl (C=O) groups excluding carboxylic acids is 1. The molecular formula is C15H22N2O3. The van der Waals surface area contributed by atoms with Gasteiger partial charge in [-0.15, -0.1) is 0 Å². The van der Waals surface area contributed by atoms with E-state index in [2.05, 4.69) is 10.6 Å². The molecule has 110 valence electrons. The first-order valence-electron chi connectivity index (χ1n) is 7.12. The molecule has 2 rings (SSSR count). The number of nitrogens with one attached hydrogen (secondary N) is 2. The maximum Gasteiger partial charge on any atom is 0.225 e. The Morgan fingerprint density at radius 1 is 1.30 bits per heavy atom. The first-order valence-corrected chi connectivity index (χ1v) is 7.12. The van der Waals surface area contributed by atoms with Crippen LogP contribution in [0, 0.1) is 0 Å². The van der Waals surface area contributed by atoms with Gasteiger partial charge in [-0.1, -0.05) is 6.92 Å². The molecule has 0 aromatic heterocycles. The van der Waals surface area contributed by atoms with Crippen LogP contribution in [0.3, 0.4) is 0 Å². The maximum absolute atomic E-state index is 11.9. The number of hydrogen-bond donors (Lipinski definition) is 2. The summed E-state index contributed by atoms with van der Waals surface area (Å²) in [6, 6.07) is 5.66. The summed E-state index contributed by atoms with van der Waals surface area (Å²) >= 11 is 0. The van der Waals surface area contributed by atoms with Crippen molar-refractivity contribution in [1.29, 1.82) is 0 Å². The zero-order valence-corrected chi connectivity index (χ0v) is 12.1. The lowest BCUT2D eigenvalue weighted by molar-refractivity contribution is -0.116. The summed E-state index contributed by atoms with van der Waals surface area (Å²) in [5.74, 6) is 1.43. The topological polar surface area (TPSA) is 59.6 Å². The zero-order chi connectivity index (χ0) is 14.4. The molecule has 0 bridgehead atoms. The van der Waals surface area contributed by atoms with E-state index in [9.17, 15) is 4.79 Å². The minimum Gasteiger partial charge on any atom is -0.490 e. The van der Waals surface area contributed by atoms with Crippen molar-refractivity contribution >= 4 is 11.6 Å². The van der Waals surface area contributed by atoms with Gasteiger partial charge in [0.25, 0.3) is 0 Å². The summed E-state index contributed by atoms with van der Waals surface area (Å²) in [4.78, 5) is 11.9. The van der Waals surface area contributed by atoms with Crippen LogP contribution in [0.25, 0.3) is 0 Å². The lowest BCUT2D eigenvalue weighted by Crippen LogP contribution is -2.30. The van der Waals surface area contributed by atoms with Gasteiger partial charge in [0.15, 0.2) is 11.5 Å². The molecule has 0 spiro atoms. The van der Waals surface area contributed by atoms with Crippen LogP contribution in [-0.4, -0.2) is 31.7 Å². The fourth-order valence-corrected chi connectivity index (χ4v) is 2.15. The first-order chi connectivity index (χ1) is 9.69. The molecule has 2 N–H and O–H groups in total. The maximum atomic E-state index is 11.9. The smallest absolute Gasteiger partial charge is 0.225 e. The molecule has 1 heterocycles. The predicted octanol–water partition coefficient (Wildman–Crippen LogP) is 2.17. The Bertz CT molecular complexity index is 462. The quantitative estimate of drug-likeness (QED) is 0.866. The van der Waals surface area contributed by atoms with Gasteiger partial charge in [-0.05, 0) is 25.6 Å². The molecule has 1 amide bonds. The van der Waals surface area contributed by atoms with Gasteiger partial charge in [-0.3, -0.25) is 4.79 Å². The van der Waals surface area contributed by atoms with Crippen molar-refractivity contribution in [2.24, 2.45) is 0 Å². The van der Waals surface area contributed by atoms with Crippen LogP contribution in [0.5, 0.6) is 11.5 Å². The highest BCUT2D eigenvalue weighted by atomic mass is 16.5. The van der Waals surface area contributed by atoms with Crippen molar-refractivity contribution in [3.8, 4) is 11.5 Å². The monoisotopic (exact) mass is 278 g/mol. The molecule has 1 aromatic carbocycles. The summed E-state index contributed by atoms with van der Waals surface area (Å²) in [5, 5.41) is 6.10.